The molecule has 0 spiro atoms. The Balaban J connectivity index is 2.06. The summed E-state index contributed by atoms with van der Waals surface area (Å²) in [6, 6.07) is 6.37. The van der Waals surface area contributed by atoms with Crippen LogP contribution in [-0.4, -0.2) is 20.2 Å². The van der Waals surface area contributed by atoms with Gasteiger partial charge in [-0.05, 0) is 48.2 Å². The van der Waals surface area contributed by atoms with E-state index in [2.05, 4.69) is 35.4 Å². The van der Waals surface area contributed by atoms with Crippen LogP contribution >= 0.6 is 0 Å². The summed E-state index contributed by atoms with van der Waals surface area (Å²) in [6.45, 7) is 4.32. The minimum absolute atomic E-state index is 0.393. The first-order chi connectivity index (χ1) is 9.16. The summed E-state index contributed by atoms with van der Waals surface area (Å²) in [6.07, 6.45) is 3.63. The molecule has 2 atom stereocenters. The second-order valence-corrected chi connectivity index (χ2v) is 5.51. The molecule has 3 rings (SSSR count). The van der Waals surface area contributed by atoms with Crippen molar-refractivity contribution in [3.63, 3.8) is 0 Å². The molecule has 100 valence electrons. The van der Waals surface area contributed by atoms with Crippen LogP contribution in [0.3, 0.4) is 0 Å². The Kier molecular flexibility index (Phi) is 2.97. The van der Waals surface area contributed by atoms with Crippen LogP contribution in [0.2, 0.25) is 0 Å². The maximum Gasteiger partial charge on any atom is 0.184 e. The third-order valence-electron chi connectivity index (χ3n) is 4.07. The van der Waals surface area contributed by atoms with Gasteiger partial charge >= 0.3 is 0 Å². The lowest BCUT2D eigenvalue weighted by atomic mass is 10.1. The van der Waals surface area contributed by atoms with Crippen LogP contribution < -0.4 is 5.73 Å². The summed E-state index contributed by atoms with van der Waals surface area (Å²) < 4.78 is 1.96. The summed E-state index contributed by atoms with van der Waals surface area (Å²) in [5, 5.41) is 12.2. The lowest BCUT2D eigenvalue weighted by Gasteiger charge is -2.17. The molecule has 1 saturated carbocycles. The normalized spacial score (nSPS) is 22.8. The third-order valence-corrected chi connectivity index (χ3v) is 4.07. The molecule has 2 unspecified atom stereocenters. The molecular formula is C14H19N5. The van der Waals surface area contributed by atoms with Crippen molar-refractivity contribution in [3.8, 4) is 11.4 Å². The maximum absolute atomic E-state index is 6.07. The maximum atomic E-state index is 6.07. The molecule has 1 aliphatic rings. The number of rotatable bonds is 2. The Bertz CT molecular complexity index is 589. The van der Waals surface area contributed by atoms with Gasteiger partial charge in [0.2, 0.25) is 0 Å². The van der Waals surface area contributed by atoms with Crippen molar-refractivity contribution in [2.24, 2.45) is 5.92 Å². The number of anilines is 1. The van der Waals surface area contributed by atoms with E-state index in [0.717, 1.165) is 23.5 Å². The number of benzene rings is 1. The monoisotopic (exact) mass is 257 g/mol. The van der Waals surface area contributed by atoms with Gasteiger partial charge in [0, 0.05) is 11.3 Å². The van der Waals surface area contributed by atoms with E-state index < -0.39 is 0 Å². The van der Waals surface area contributed by atoms with Crippen LogP contribution in [0, 0.1) is 12.8 Å². The van der Waals surface area contributed by atoms with Gasteiger partial charge in [-0.1, -0.05) is 25.0 Å². The molecule has 0 bridgehead atoms. The smallest absolute Gasteiger partial charge is 0.184 e. The van der Waals surface area contributed by atoms with Gasteiger partial charge in [-0.2, -0.15) is 0 Å². The molecule has 1 aromatic carbocycles. The van der Waals surface area contributed by atoms with E-state index in [1.165, 1.54) is 18.4 Å². The second kappa shape index (κ2) is 4.64. The van der Waals surface area contributed by atoms with Gasteiger partial charge in [-0.15, -0.1) is 5.10 Å². The first-order valence-corrected chi connectivity index (χ1v) is 6.81. The number of tetrazole rings is 1. The lowest BCUT2D eigenvalue weighted by Crippen LogP contribution is -2.15. The molecule has 2 N–H and O–H groups in total. The van der Waals surface area contributed by atoms with E-state index in [1.54, 1.807) is 0 Å². The van der Waals surface area contributed by atoms with E-state index in [1.807, 2.05) is 16.8 Å². The number of nitrogens with two attached hydrogens (primary N) is 1. The van der Waals surface area contributed by atoms with Crippen molar-refractivity contribution < 1.29 is 0 Å². The van der Waals surface area contributed by atoms with Gasteiger partial charge in [0.05, 0.1) is 6.04 Å². The Morgan fingerprint density at radius 3 is 2.89 bits per heavy atom. The third kappa shape index (κ3) is 2.09. The number of hydrogen-bond donors (Lipinski definition) is 1. The van der Waals surface area contributed by atoms with Gasteiger partial charge in [-0.25, -0.2) is 4.68 Å². The summed E-state index contributed by atoms with van der Waals surface area (Å²) in [7, 11) is 0. The average Bonchev–Trinajstić information content (AvgIpc) is 3.00. The second-order valence-electron chi connectivity index (χ2n) is 5.51. The van der Waals surface area contributed by atoms with Gasteiger partial charge < -0.3 is 5.73 Å². The molecule has 0 amide bonds. The molecule has 1 fully saturated rings. The zero-order chi connectivity index (χ0) is 13.4. The van der Waals surface area contributed by atoms with Gasteiger partial charge in [0.25, 0.3) is 0 Å². The van der Waals surface area contributed by atoms with Crippen LogP contribution in [0.4, 0.5) is 5.69 Å². The average molecular weight is 257 g/mol. The standard InChI is InChI=1S/C14H19N5/c1-9-6-7-12(15)11(8-9)14-16-17-18-19(14)13-5-3-4-10(13)2/h6-8,10,13H,3-5,15H2,1-2H3. The van der Waals surface area contributed by atoms with Crippen molar-refractivity contribution in [1.29, 1.82) is 0 Å². The zero-order valence-corrected chi connectivity index (χ0v) is 11.4. The molecule has 19 heavy (non-hydrogen) atoms. The van der Waals surface area contributed by atoms with E-state index in [9.17, 15) is 0 Å². The molecule has 1 aliphatic carbocycles. The fourth-order valence-electron chi connectivity index (χ4n) is 2.95. The summed E-state index contributed by atoms with van der Waals surface area (Å²) in [5.41, 5.74) is 8.90. The van der Waals surface area contributed by atoms with Crippen LogP contribution in [-0.2, 0) is 0 Å². The van der Waals surface area contributed by atoms with E-state index in [4.69, 9.17) is 5.73 Å². The fraction of sp³-hybridized carbons (Fsp3) is 0.500. The van der Waals surface area contributed by atoms with Crippen LogP contribution in [0.1, 0.15) is 37.8 Å². The molecule has 5 nitrogen and oxygen atoms in total. The minimum atomic E-state index is 0.393. The highest BCUT2D eigenvalue weighted by atomic mass is 15.6. The van der Waals surface area contributed by atoms with Crippen molar-refractivity contribution in [1.82, 2.24) is 20.2 Å². The quantitative estimate of drug-likeness (QED) is 0.839. The zero-order valence-electron chi connectivity index (χ0n) is 11.4. The Morgan fingerprint density at radius 2 is 2.16 bits per heavy atom. The molecule has 0 radical (unpaired) electrons. The SMILES string of the molecule is Cc1ccc(N)c(-c2nnnn2C2CCCC2C)c1. The highest BCUT2D eigenvalue weighted by Gasteiger charge is 2.28. The van der Waals surface area contributed by atoms with Gasteiger partial charge in [0.15, 0.2) is 5.82 Å². The Morgan fingerprint density at radius 1 is 1.32 bits per heavy atom. The van der Waals surface area contributed by atoms with Crippen molar-refractivity contribution in [2.75, 3.05) is 5.73 Å². The molecule has 1 aromatic heterocycles. The number of aryl methyl sites for hydroxylation is 1. The number of hydrogen-bond acceptors (Lipinski definition) is 4. The minimum Gasteiger partial charge on any atom is -0.398 e. The molecule has 1 heterocycles. The topological polar surface area (TPSA) is 69.6 Å². The fourth-order valence-corrected chi connectivity index (χ4v) is 2.95. The van der Waals surface area contributed by atoms with Crippen molar-refractivity contribution in [3.05, 3.63) is 23.8 Å². The summed E-state index contributed by atoms with van der Waals surface area (Å²) in [4.78, 5) is 0. The first kappa shape index (κ1) is 12.1. The molecule has 2 aromatic rings. The van der Waals surface area contributed by atoms with E-state index in [-0.39, 0.29) is 0 Å². The molecule has 0 aliphatic heterocycles. The number of nitrogen functional groups attached to an aromatic ring is 1. The van der Waals surface area contributed by atoms with Gasteiger partial charge in [-0.3, -0.25) is 0 Å². The van der Waals surface area contributed by atoms with Gasteiger partial charge in [0.1, 0.15) is 0 Å². The predicted molar refractivity (Wildman–Crippen MR) is 74.5 cm³/mol. The van der Waals surface area contributed by atoms with Crippen molar-refractivity contribution >= 4 is 5.69 Å². The van der Waals surface area contributed by atoms with E-state index >= 15 is 0 Å². The lowest BCUT2D eigenvalue weighted by molar-refractivity contribution is 0.370. The van der Waals surface area contributed by atoms with Crippen LogP contribution in [0.15, 0.2) is 18.2 Å². The highest BCUT2D eigenvalue weighted by molar-refractivity contribution is 5.72. The van der Waals surface area contributed by atoms with E-state index in [0.29, 0.717) is 12.0 Å². The highest BCUT2D eigenvalue weighted by Crippen LogP contribution is 2.37. The van der Waals surface area contributed by atoms with Crippen LogP contribution in [0.5, 0.6) is 0 Å². The Hall–Kier alpha value is -1.91. The number of nitrogens with zero attached hydrogens (tertiary/aromatic N) is 4. The molecular weight excluding hydrogens is 238 g/mol. The largest absolute Gasteiger partial charge is 0.398 e. The van der Waals surface area contributed by atoms with Crippen molar-refractivity contribution in [2.45, 2.75) is 39.2 Å². The summed E-state index contributed by atoms with van der Waals surface area (Å²) in [5.74, 6) is 1.41. The summed E-state index contributed by atoms with van der Waals surface area (Å²) >= 11 is 0. The first-order valence-electron chi connectivity index (χ1n) is 6.81. The van der Waals surface area contributed by atoms with Crippen LogP contribution in [0.25, 0.3) is 11.4 Å². The number of aromatic nitrogens is 4. The predicted octanol–water partition coefficient (Wildman–Crippen LogP) is 2.59. The molecule has 0 saturated heterocycles. The molecule has 5 heteroatoms. The Labute approximate surface area is 112 Å².